The van der Waals surface area contributed by atoms with Crippen molar-refractivity contribution in [2.45, 2.75) is 24.4 Å². The van der Waals surface area contributed by atoms with Gasteiger partial charge in [0.05, 0.1) is 35.7 Å². The highest BCUT2D eigenvalue weighted by molar-refractivity contribution is 6.35. The number of carbonyl (C=O) groups is 4. The maximum atomic E-state index is 13.3. The third kappa shape index (κ3) is 2.76. The van der Waals surface area contributed by atoms with Crippen molar-refractivity contribution in [2.24, 2.45) is 17.6 Å². The minimum absolute atomic E-state index is 0.0283. The second kappa shape index (κ2) is 7.08. The molecular weight excluding hydrogens is 400 g/mol. The van der Waals surface area contributed by atoms with E-state index in [1.54, 1.807) is 18.2 Å². The third-order valence-electron chi connectivity index (χ3n) is 6.01. The van der Waals surface area contributed by atoms with Gasteiger partial charge in [0.2, 0.25) is 23.6 Å². The van der Waals surface area contributed by atoms with Crippen LogP contribution in [0.3, 0.4) is 0 Å². The van der Waals surface area contributed by atoms with Gasteiger partial charge in [-0.2, -0.15) is 0 Å². The fraction of sp³-hybridized carbons (Fsp3) is 0.474. The zero-order valence-electron chi connectivity index (χ0n) is 15.7. The lowest BCUT2D eigenvalue weighted by Gasteiger charge is -2.29. The van der Waals surface area contributed by atoms with E-state index in [9.17, 15) is 19.2 Å². The molecule has 10 heteroatoms. The van der Waals surface area contributed by atoms with Crippen LogP contribution in [0.15, 0.2) is 18.2 Å². The number of amides is 4. The molecule has 2 fully saturated rings. The molecule has 0 radical (unpaired) electrons. The number of nitrogens with one attached hydrogen (secondary N) is 2. The average Bonchev–Trinajstić information content (AvgIpc) is 3.25. The van der Waals surface area contributed by atoms with Gasteiger partial charge in [0.25, 0.3) is 0 Å². The molecule has 4 rings (SSSR count). The summed E-state index contributed by atoms with van der Waals surface area (Å²) in [5.41, 5.74) is 4.82. The summed E-state index contributed by atoms with van der Waals surface area (Å²) < 4.78 is 5.02. The first-order chi connectivity index (χ1) is 13.8. The fourth-order valence-corrected chi connectivity index (χ4v) is 5.02. The topological polar surface area (TPSA) is 131 Å². The predicted molar refractivity (Wildman–Crippen MR) is 103 cm³/mol. The summed E-state index contributed by atoms with van der Waals surface area (Å²) in [6.07, 6.45) is 0.263. The summed E-state index contributed by atoms with van der Waals surface area (Å²) in [6, 6.07) is 4.49. The minimum atomic E-state index is -1.43. The molecule has 3 heterocycles. The van der Waals surface area contributed by atoms with Crippen LogP contribution < -0.4 is 16.4 Å². The van der Waals surface area contributed by atoms with Gasteiger partial charge >= 0.3 is 0 Å². The van der Waals surface area contributed by atoms with Crippen LogP contribution in [0.5, 0.6) is 0 Å². The number of nitrogens with two attached hydrogens (primary N) is 1. The lowest BCUT2D eigenvalue weighted by molar-refractivity contribution is -0.143. The van der Waals surface area contributed by atoms with Gasteiger partial charge in [0, 0.05) is 25.1 Å². The van der Waals surface area contributed by atoms with Crippen LogP contribution in [0, 0.1) is 11.8 Å². The summed E-state index contributed by atoms with van der Waals surface area (Å²) in [4.78, 5) is 52.1. The highest BCUT2D eigenvalue weighted by atomic mass is 35.5. The molecule has 154 valence electrons. The molecule has 1 aromatic carbocycles. The molecule has 0 aliphatic carbocycles. The van der Waals surface area contributed by atoms with Crippen LogP contribution in [0.4, 0.5) is 5.69 Å². The second-order valence-electron chi connectivity index (χ2n) is 7.50. The van der Waals surface area contributed by atoms with E-state index in [4.69, 9.17) is 22.1 Å². The zero-order chi connectivity index (χ0) is 20.9. The highest BCUT2D eigenvalue weighted by Crippen LogP contribution is 2.54. The van der Waals surface area contributed by atoms with Crippen LogP contribution in [0.1, 0.15) is 18.4 Å². The van der Waals surface area contributed by atoms with Crippen molar-refractivity contribution in [2.75, 3.05) is 25.6 Å². The number of nitrogens with zero attached hydrogens (tertiary/aromatic N) is 1. The molecule has 3 aliphatic heterocycles. The predicted octanol–water partition coefficient (Wildman–Crippen LogP) is -0.0277. The third-order valence-corrected chi connectivity index (χ3v) is 6.33. The number of ether oxygens (including phenoxy) is 1. The largest absolute Gasteiger partial charge is 0.383 e. The molecule has 3 aliphatic rings. The van der Waals surface area contributed by atoms with Crippen molar-refractivity contribution in [3.05, 3.63) is 28.8 Å². The van der Waals surface area contributed by atoms with Gasteiger partial charge in [0.15, 0.2) is 0 Å². The Morgan fingerprint density at radius 2 is 2.07 bits per heavy atom. The Morgan fingerprint density at radius 1 is 1.31 bits per heavy atom. The molecule has 1 aromatic rings. The van der Waals surface area contributed by atoms with Crippen LogP contribution in [-0.2, 0) is 29.5 Å². The Bertz CT molecular complexity index is 922. The Balaban J connectivity index is 1.81. The molecule has 0 bridgehead atoms. The molecular formula is C19H21ClN4O5. The van der Waals surface area contributed by atoms with Crippen molar-refractivity contribution in [1.82, 2.24) is 10.2 Å². The standard InChI is InChI=1S/C19H21ClN4O5/c1-29-8-7-24-16(26)13-11(5-6-12(21)25)23-19(14(13)17(24)27)9-3-2-4-10(20)15(9)22-18(19)28/h2-4,11,13-14,23H,5-8H2,1H3,(H2,21,25)(H,22,28)/t11?,13-,14+,19?/m1/s1. The summed E-state index contributed by atoms with van der Waals surface area (Å²) in [5.74, 6) is -3.49. The lowest BCUT2D eigenvalue weighted by Crippen LogP contribution is -2.53. The van der Waals surface area contributed by atoms with Gasteiger partial charge in [-0.25, -0.2) is 0 Å². The van der Waals surface area contributed by atoms with E-state index >= 15 is 0 Å². The quantitative estimate of drug-likeness (QED) is 0.554. The second-order valence-corrected chi connectivity index (χ2v) is 7.91. The molecule has 4 N–H and O–H groups in total. The van der Waals surface area contributed by atoms with Crippen LogP contribution in [0.2, 0.25) is 5.02 Å². The number of anilines is 1. The van der Waals surface area contributed by atoms with E-state index in [0.29, 0.717) is 16.3 Å². The minimum Gasteiger partial charge on any atom is -0.383 e. The summed E-state index contributed by atoms with van der Waals surface area (Å²) in [5, 5.41) is 6.32. The van der Waals surface area contributed by atoms with Crippen molar-refractivity contribution in [3.63, 3.8) is 0 Å². The van der Waals surface area contributed by atoms with Gasteiger partial charge < -0.3 is 15.8 Å². The van der Waals surface area contributed by atoms with E-state index in [1.165, 1.54) is 7.11 Å². The number of halogens is 1. The summed E-state index contributed by atoms with van der Waals surface area (Å²) >= 11 is 6.26. The maximum absolute atomic E-state index is 13.3. The maximum Gasteiger partial charge on any atom is 0.250 e. The van der Waals surface area contributed by atoms with Gasteiger partial charge in [0.1, 0.15) is 5.54 Å². The fourth-order valence-electron chi connectivity index (χ4n) is 4.80. The molecule has 29 heavy (non-hydrogen) atoms. The van der Waals surface area contributed by atoms with Gasteiger partial charge in [-0.3, -0.25) is 29.4 Å². The van der Waals surface area contributed by atoms with Crippen molar-refractivity contribution in [3.8, 4) is 0 Å². The number of primary amides is 1. The molecule has 2 saturated heterocycles. The zero-order valence-corrected chi connectivity index (χ0v) is 16.5. The number of hydrogen-bond acceptors (Lipinski definition) is 6. The molecule has 0 saturated carbocycles. The van der Waals surface area contributed by atoms with Crippen molar-refractivity contribution in [1.29, 1.82) is 0 Å². The van der Waals surface area contributed by atoms with Gasteiger partial charge in [-0.1, -0.05) is 23.7 Å². The first-order valence-corrected chi connectivity index (χ1v) is 9.71. The van der Waals surface area contributed by atoms with Crippen molar-refractivity contribution < 1.29 is 23.9 Å². The van der Waals surface area contributed by atoms with Gasteiger partial charge in [-0.15, -0.1) is 0 Å². The van der Waals surface area contributed by atoms with E-state index in [0.717, 1.165) is 4.90 Å². The first kappa shape index (κ1) is 19.8. The molecule has 4 amide bonds. The monoisotopic (exact) mass is 420 g/mol. The summed E-state index contributed by atoms with van der Waals surface area (Å²) in [6.45, 7) is 0.293. The molecule has 4 atom stereocenters. The molecule has 2 unspecified atom stereocenters. The van der Waals surface area contributed by atoms with E-state index < -0.39 is 41.1 Å². The Labute approximate surface area is 171 Å². The van der Waals surface area contributed by atoms with Crippen LogP contribution >= 0.6 is 11.6 Å². The lowest BCUT2D eigenvalue weighted by atomic mass is 9.76. The molecule has 9 nitrogen and oxygen atoms in total. The number of methoxy groups -OCH3 is 1. The number of rotatable bonds is 6. The summed E-state index contributed by atoms with van der Waals surface area (Å²) in [7, 11) is 1.48. The number of fused-ring (bicyclic) bond motifs is 4. The average molecular weight is 421 g/mol. The van der Waals surface area contributed by atoms with E-state index in [1.807, 2.05) is 0 Å². The SMILES string of the molecule is COCCN1C(=O)[C@@H]2C(CCC(N)=O)NC3(C(=O)Nc4c(Cl)cccc43)[C@@H]2C1=O. The van der Waals surface area contributed by atoms with Crippen LogP contribution in [0.25, 0.3) is 0 Å². The normalized spacial score (nSPS) is 30.1. The number of likely N-dealkylation sites (tertiary alicyclic amines) is 1. The first-order valence-electron chi connectivity index (χ1n) is 9.33. The smallest absolute Gasteiger partial charge is 0.250 e. The highest BCUT2D eigenvalue weighted by Gasteiger charge is 2.70. The van der Waals surface area contributed by atoms with Crippen molar-refractivity contribution >= 4 is 40.9 Å². The Kier molecular flexibility index (Phi) is 4.84. The van der Waals surface area contributed by atoms with E-state index in [-0.39, 0.29) is 31.9 Å². The number of para-hydroxylation sites is 1. The number of benzene rings is 1. The van der Waals surface area contributed by atoms with Crippen LogP contribution in [-0.4, -0.2) is 54.8 Å². The van der Waals surface area contributed by atoms with E-state index in [2.05, 4.69) is 10.6 Å². The Morgan fingerprint density at radius 3 is 2.76 bits per heavy atom. The number of carbonyl (C=O) groups excluding carboxylic acids is 4. The Hall–Kier alpha value is -2.49. The molecule has 0 aromatic heterocycles. The molecule has 1 spiro atoms. The number of hydrogen-bond donors (Lipinski definition) is 3. The number of imide groups is 1. The van der Waals surface area contributed by atoms with Gasteiger partial charge in [-0.05, 0) is 12.5 Å².